The molecule has 0 aliphatic carbocycles. The predicted octanol–water partition coefficient (Wildman–Crippen LogP) is 3.14. The van der Waals surface area contributed by atoms with Crippen molar-refractivity contribution in [1.82, 2.24) is 4.98 Å². The summed E-state index contributed by atoms with van der Waals surface area (Å²) in [7, 11) is 1.65. The fourth-order valence-corrected chi connectivity index (χ4v) is 2.80. The monoisotopic (exact) mass is 271 g/mol. The summed E-state index contributed by atoms with van der Waals surface area (Å²) >= 11 is 1.44. The second-order valence-corrected chi connectivity index (χ2v) is 5.22. The molecule has 3 aromatic rings. The van der Waals surface area contributed by atoms with E-state index in [1.54, 1.807) is 7.11 Å². The molecule has 0 aliphatic heterocycles. The molecule has 4 N–H and O–H groups in total. The number of aromatic nitrogens is 1. The van der Waals surface area contributed by atoms with Gasteiger partial charge in [0.2, 0.25) is 0 Å². The van der Waals surface area contributed by atoms with E-state index in [4.69, 9.17) is 16.2 Å². The maximum absolute atomic E-state index is 6.19. The fraction of sp³-hybridized carbons (Fsp3) is 0.0714. The molecule has 0 unspecified atom stereocenters. The van der Waals surface area contributed by atoms with Crippen LogP contribution in [0.1, 0.15) is 0 Å². The summed E-state index contributed by atoms with van der Waals surface area (Å²) in [6.07, 6.45) is 0. The SMILES string of the molecule is COc1ccc(-c2ccc3sc(N)nc3c2N)cc1. The molecule has 96 valence electrons. The van der Waals surface area contributed by atoms with Crippen LogP contribution >= 0.6 is 11.3 Å². The molecular weight excluding hydrogens is 258 g/mol. The van der Waals surface area contributed by atoms with Crippen LogP contribution in [0.15, 0.2) is 36.4 Å². The molecule has 3 rings (SSSR count). The number of rotatable bonds is 2. The van der Waals surface area contributed by atoms with Crippen molar-refractivity contribution in [1.29, 1.82) is 0 Å². The highest BCUT2D eigenvalue weighted by Gasteiger charge is 2.10. The van der Waals surface area contributed by atoms with Gasteiger partial charge in [-0.3, -0.25) is 0 Å². The molecule has 1 heterocycles. The highest BCUT2D eigenvalue weighted by atomic mass is 32.1. The van der Waals surface area contributed by atoms with Crippen molar-refractivity contribution in [2.24, 2.45) is 0 Å². The van der Waals surface area contributed by atoms with Crippen LogP contribution in [0.2, 0.25) is 0 Å². The first-order valence-electron chi connectivity index (χ1n) is 5.78. The second-order valence-electron chi connectivity index (χ2n) is 4.15. The van der Waals surface area contributed by atoms with E-state index in [1.807, 2.05) is 36.4 Å². The lowest BCUT2D eigenvalue weighted by Gasteiger charge is -2.07. The van der Waals surface area contributed by atoms with Gasteiger partial charge in [-0.05, 0) is 23.8 Å². The molecule has 5 heteroatoms. The minimum Gasteiger partial charge on any atom is -0.497 e. The average molecular weight is 271 g/mol. The Hall–Kier alpha value is -2.27. The molecule has 0 atom stereocenters. The number of nitrogens with zero attached hydrogens (tertiary/aromatic N) is 1. The summed E-state index contributed by atoms with van der Waals surface area (Å²) in [6, 6.07) is 11.8. The highest BCUT2D eigenvalue weighted by molar-refractivity contribution is 7.22. The van der Waals surface area contributed by atoms with Crippen molar-refractivity contribution in [2.45, 2.75) is 0 Å². The Morgan fingerprint density at radius 2 is 1.79 bits per heavy atom. The van der Waals surface area contributed by atoms with E-state index in [-0.39, 0.29) is 0 Å². The molecule has 0 saturated carbocycles. The van der Waals surface area contributed by atoms with Gasteiger partial charge in [-0.2, -0.15) is 0 Å². The third kappa shape index (κ3) is 1.98. The number of nitrogen functional groups attached to an aromatic ring is 2. The van der Waals surface area contributed by atoms with E-state index in [0.717, 1.165) is 27.1 Å². The Morgan fingerprint density at radius 3 is 2.47 bits per heavy atom. The van der Waals surface area contributed by atoms with Gasteiger partial charge in [0.1, 0.15) is 11.3 Å². The molecule has 0 amide bonds. The van der Waals surface area contributed by atoms with Gasteiger partial charge in [0, 0.05) is 5.56 Å². The van der Waals surface area contributed by atoms with Crippen LogP contribution in [-0.4, -0.2) is 12.1 Å². The summed E-state index contributed by atoms with van der Waals surface area (Å²) in [5, 5.41) is 0.536. The Balaban J connectivity index is 2.15. The lowest BCUT2D eigenvalue weighted by molar-refractivity contribution is 0.415. The first-order chi connectivity index (χ1) is 9.19. The van der Waals surface area contributed by atoms with Crippen molar-refractivity contribution in [3.05, 3.63) is 36.4 Å². The Labute approximate surface area is 114 Å². The lowest BCUT2D eigenvalue weighted by Crippen LogP contribution is -1.92. The summed E-state index contributed by atoms with van der Waals surface area (Å²) in [6.45, 7) is 0. The number of anilines is 2. The van der Waals surface area contributed by atoms with E-state index in [9.17, 15) is 0 Å². The molecule has 1 aromatic heterocycles. The van der Waals surface area contributed by atoms with Crippen molar-refractivity contribution < 1.29 is 4.74 Å². The molecule has 0 fully saturated rings. The minimum atomic E-state index is 0.536. The molecule has 0 spiro atoms. The Bertz CT molecular complexity index is 734. The van der Waals surface area contributed by atoms with Crippen LogP contribution in [0.3, 0.4) is 0 Å². The van der Waals surface area contributed by atoms with Gasteiger partial charge in [-0.15, -0.1) is 0 Å². The molecule has 0 bridgehead atoms. The van der Waals surface area contributed by atoms with Gasteiger partial charge in [0.15, 0.2) is 5.13 Å². The quantitative estimate of drug-likeness (QED) is 0.702. The Morgan fingerprint density at radius 1 is 1.05 bits per heavy atom. The summed E-state index contributed by atoms with van der Waals surface area (Å²) in [4.78, 5) is 4.28. The number of thiazole rings is 1. The maximum atomic E-state index is 6.19. The van der Waals surface area contributed by atoms with Gasteiger partial charge in [0.25, 0.3) is 0 Å². The number of methoxy groups -OCH3 is 1. The molecule has 0 saturated heterocycles. The van der Waals surface area contributed by atoms with E-state index < -0.39 is 0 Å². The van der Waals surface area contributed by atoms with Crippen LogP contribution < -0.4 is 16.2 Å². The largest absolute Gasteiger partial charge is 0.497 e. The van der Waals surface area contributed by atoms with Crippen LogP contribution in [0.4, 0.5) is 10.8 Å². The number of hydrogen-bond donors (Lipinski definition) is 2. The maximum Gasteiger partial charge on any atom is 0.181 e. The van der Waals surface area contributed by atoms with Crippen molar-refractivity contribution >= 4 is 32.4 Å². The van der Waals surface area contributed by atoms with Crippen LogP contribution in [0, 0.1) is 0 Å². The topological polar surface area (TPSA) is 74.2 Å². The number of nitrogens with two attached hydrogens (primary N) is 2. The summed E-state index contributed by atoms with van der Waals surface area (Å²) in [5.74, 6) is 0.821. The van der Waals surface area contributed by atoms with E-state index in [2.05, 4.69) is 4.98 Å². The zero-order valence-electron chi connectivity index (χ0n) is 10.4. The van der Waals surface area contributed by atoms with E-state index in [1.165, 1.54) is 11.3 Å². The first kappa shape index (κ1) is 11.8. The molecule has 19 heavy (non-hydrogen) atoms. The van der Waals surface area contributed by atoms with Crippen molar-refractivity contribution in [3.63, 3.8) is 0 Å². The van der Waals surface area contributed by atoms with Gasteiger partial charge in [-0.25, -0.2) is 4.98 Å². The van der Waals surface area contributed by atoms with Gasteiger partial charge in [0.05, 0.1) is 17.5 Å². The summed E-state index contributed by atoms with van der Waals surface area (Å²) < 4.78 is 6.16. The second kappa shape index (κ2) is 4.44. The standard InChI is InChI=1S/C14H13N3OS/c1-18-9-4-2-8(3-5-9)10-6-7-11-13(12(10)15)17-14(16)19-11/h2-7H,15H2,1H3,(H2,16,17). The van der Waals surface area contributed by atoms with Gasteiger partial charge < -0.3 is 16.2 Å². The fourth-order valence-electron chi connectivity index (χ4n) is 2.05. The van der Waals surface area contributed by atoms with Gasteiger partial charge in [-0.1, -0.05) is 29.5 Å². The number of fused-ring (bicyclic) bond motifs is 1. The van der Waals surface area contributed by atoms with Crippen LogP contribution in [0.25, 0.3) is 21.3 Å². The number of hydrogen-bond acceptors (Lipinski definition) is 5. The third-order valence-corrected chi connectivity index (χ3v) is 3.87. The van der Waals surface area contributed by atoms with Crippen LogP contribution in [0.5, 0.6) is 5.75 Å². The average Bonchev–Trinajstić information content (AvgIpc) is 2.81. The predicted molar refractivity (Wildman–Crippen MR) is 80.4 cm³/mol. The lowest BCUT2D eigenvalue weighted by atomic mass is 10.0. The van der Waals surface area contributed by atoms with Crippen molar-refractivity contribution in [2.75, 3.05) is 18.6 Å². The van der Waals surface area contributed by atoms with Crippen LogP contribution in [-0.2, 0) is 0 Å². The first-order valence-corrected chi connectivity index (χ1v) is 6.59. The highest BCUT2D eigenvalue weighted by Crippen LogP contribution is 2.35. The molecule has 4 nitrogen and oxygen atoms in total. The number of benzene rings is 2. The van der Waals surface area contributed by atoms with Crippen molar-refractivity contribution in [3.8, 4) is 16.9 Å². The molecule has 0 radical (unpaired) electrons. The number of ether oxygens (including phenoxy) is 1. The molecule has 2 aromatic carbocycles. The van der Waals surface area contributed by atoms with Gasteiger partial charge >= 0.3 is 0 Å². The summed E-state index contributed by atoms with van der Waals surface area (Å²) in [5.41, 5.74) is 15.3. The van der Waals surface area contributed by atoms with E-state index in [0.29, 0.717) is 10.8 Å². The molecule has 0 aliphatic rings. The van der Waals surface area contributed by atoms with E-state index >= 15 is 0 Å². The Kier molecular flexibility index (Phi) is 2.76. The third-order valence-electron chi connectivity index (χ3n) is 3.02. The zero-order valence-corrected chi connectivity index (χ0v) is 11.2. The normalized spacial score (nSPS) is 10.8. The minimum absolute atomic E-state index is 0.536. The smallest absolute Gasteiger partial charge is 0.181 e. The molecular formula is C14H13N3OS. The zero-order chi connectivity index (χ0) is 13.4.